The molecule has 1 aliphatic heterocycles. The topological polar surface area (TPSA) is 49.9 Å². The van der Waals surface area contributed by atoms with E-state index in [9.17, 15) is 9.59 Å². The van der Waals surface area contributed by atoms with E-state index >= 15 is 0 Å². The quantitative estimate of drug-likeness (QED) is 0.699. The minimum absolute atomic E-state index is 0.0752. The first kappa shape index (κ1) is 22.0. The summed E-state index contributed by atoms with van der Waals surface area (Å²) in [6.45, 7) is 1.26. The zero-order valence-electron chi connectivity index (χ0n) is 18.5. The maximum atomic E-state index is 13.4. The Balaban J connectivity index is 1.64. The number of morpholine rings is 1. The van der Waals surface area contributed by atoms with Gasteiger partial charge in [0, 0.05) is 33.0 Å². The van der Waals surface area contributed by atoms with Gasteiger partial charge in [0.2, 0.25) is 5.91 Å². The summed E-state index contributed by atoms with van der Waals surface area (Å²) in [5.74, 6) is 0.218. The molecule has 1 aromatic heterocycles. The van der Waals surface area contributed by atoms with E-state index in [-0.39, 0.29) is 17.7 Å². The second kappa shape index (κ2) is 9.53. The lowest BCUT2D eigenvalue weighted by Gasteiger charge is -2.44. The highest BCUT2D eigenvalue weighted by Crippen LogP contribution is 2.33. The monoisotopic (exact) mass is 440 g/mol. The van der Waals surface area contributed by atoms with Gasteiger partial charge in [-0.25, -0.2) is 0 Å². The Morgan fingerprint density at radius 1 is 1.16 bits per heavy atom. The molecule has 2 aliphatic rings. The van der Waals surface area contributed by atoms with Gasteiger partial charge >= 0.3 is 0 Å². The number of thiophene rings is 1. The molecule has 0 bridgehead atoms. The number of likely N-dealkylation sites (N-methyl/N-ethyl adjacent to an activating group) is 1. The summed E-state index contributed by atoms with van der Waals surface area (Å²) in [6, 6.07) is 10.3. The molecule has 0 N–H and O–H groups in total. The van der Waals surface area contributed by atoms with Crippen LogP contribution in [0.5, 0.6) is 0 Å². The molecular formula is C25H32N2O3S. The van der Waals surface area contributed by atoms with Crippen LogP contribution in [-0.2, 0) is 20.7 Å². The van der Waals surface area contributed by atoms with Crippen LogP contribution >= 0.6 is 11.3 Å². The standard InChI is InChI=1S/C25H32N2O3S/c1-26(2)24(29)25(16-20-10-6-7-11-22(20)21-12-15-31-17-21)18-27(13-14-30-25)23(28)19-8-4-3-5-9-19/h6-7,10-12,15,17,19H,3-5,8-9,13-14,16,18H2,1-2H3/t25-/m1/s1. The van der Waals surface area contributed by atoms with Crippen LogP contribution in [-0.4, -0.2) is 61.0 Å². The van der Waals surface area contributed by atoms with E-state index in [2.05, 4.69) is 29.0 Å². The number of nitrogens with zero attached hydrogens (tertiary/aromatic N) is 2. The molecule has 1 aromatic carbocycles. The lowest BCUT2D eigenvalue weighted by Crippen LogP contribution is -2.62. The van der Waals surface area contributed by atoms with Gasteiger partial charge in [0.1, 0.15) is 0 Å². The van der Waals surface area contributed by atoms with Gasteiger partial charge in [-0.3, -0.25) is 9.59 Å². The van der Waals surface area contributed by atoms with E-state index in [4.69, 9.17) is 4.74 Å². The number of rotatable bonds is 5. The van der Waals surface area contributed by atoms with Gasteiger partial charge < -0.3 is 14.5 Å². The largest absolute Gasteiger partial charge is 0.361 e. The lowest BCUT2D eigenvalue weighted by molar-refractivity contribution is -0.174. The predicted molar refractivity (Wildman–Crippen MR) is 124 cm³/mol. The molecule has 1 aliphatic carbocycles. The van der Waals surface area contributed by atoms with Crippen LogP contribution in [0.3, 0.4) is 0 Å². The highest BCUT2D eigenvalue weighted by atomic mass is 32.1. The number of hydrogen-bond acceptors (Lipinski definition) is 4. The molecule has 0 radical (unpaired) electrons. The third kappa shape index (κ3) is 4.70. The molecule has 0 spiro atoms. The second-order valence-electron chi connectivity index (χ2n) is 8.98. The Labute approximate surface area is 189 Å². The van der Waals surface area contributed by atoms with E-state index in [1.54, 1.807) is 30.3 Å². The molecule has 1 saturated heterocycles. The highest BCUT2D eigenvalue weighted by Gasteiger charge is 2.47. The van der Waals surface area contributed by atoms with Crippen molar-refractivity contribution in [3.8, 4) is 11.1 Å². The van der Waals surface area contributed by atoms with E-state index in [1.165, 1.54) is 6.42 Å². The van der Waals surface area contributed by atoms with Gasteiger partial charge in [-0.2, -0.15) is 11.3 Å². The number of amides is 2. The van der Waals surface area contributed by atoms with Gasteiger partial charge in [-0.05, 0) is 46.4 Å². The van der Waals surface area contributed by atoms with Gasteiger partial charge in [0.05, 0.1) is 13.2 Å². The van der Waals surface area contributed by atoms with E-state index in [1.807, 2.05) is 17.0 Å². The van der Waals surface area contributed by atoms with Crippen molar-refractivity contribution >= 4 is 23.2 Å². The zero-order chi connectivity index (χ0) is 21.8. The average molecular weight is 441 g/mol. The number of hydrogen-bond donors (Lipinski definition) is 0. The van der Waals surface area contributed by atoms with Gasteiger partial charge in [-0.15, -0.1) is 0 Å². The van der Waals surface area contributed by atoms with Gasteiger partial charge in [0.15, 0.2) is 5.60 Å². The summed E-state index contributed by atoms with van der Waals surface area (Å²) in [4.78, 5) is 30.2. The van der Waals surface area contributed by atoms with E-state index < -0.39 is 5.60 Å². The Kier molecular flexibility index (Phi) is 6.77. The molecular weight excluding hydrogens is 408 g/mol. The first-order valence-electron chi connectivity index (χ1n) is 11.3. The van der Waals surface area contributed by atoms with Gasteiger partial charge in [0.25, 0.3) is 5.91 Å². The minimum Gasteiger partial charge on any atom is -0.361 e. The van der Waals surface area contributed by atoms with Crippen molar-refractivity contribution in [2.24, 2.45) is 5.92 Å². The maximum Gasteiger partial charge on any atom is 0.256 e. The molecule has 166 valence electrons. The molecule has 5 nitrogen and oxygen atoms in total. The maximum absolute atomic E-state index is 13.4. The van der Waals surface area contributed by atoms with Crippen LogP contribution in [0.1, 0.15) is 37.7 Å². The van der Waals surface area contributed by atoms with Crippen molar-refractivity contribution in [1.82, 2.24) is 9.80 Å². The fraction of sp³-hybridized carbons (Fsp3) is 0.520. The third-order valence-electron chi connectivity index (χ3n) is 6.57. The number of benzene rings is 1. The van der Waals surface area contributed by atoms with Crippen molar-refractivity contribution in [3.63, 3.8) is 0 Å². The summed E-state index contributed by atoms with van der Waals surface area (Å²) in [5.41, 5.74) is 2.29. The Morgan fingerprint density at radius 2 is 1.94 bits per heavy atom. The predicted octanol–water partition coefficient (Wildman–Crippen LogP) is 4.22. The summed E-state index contributed by atoms with van der Waals surface area (Å²) >= 11 is 1.66. The fourth-order valence-electron chi connectivity index (χ4n) is 4.98. The van der Waals surface area contributed by atoms with Crippen LogP contribution in [0.2, 0.25) is 0 Å². The lowest BCUT2D eigenvalue weighted by atomic mass is 9.85. The Morgan fingerprint density at radius 3 is 2.65 bits per heavy atom. The molecule has 1 atom stereocenters. The molecule has 1 saturated carbocycles. The summed E-state index contributed by atoms with van der Waals surface area (Å²) < 4.78 is 6.25. The van der Waals surface area contributed by atoms with Crippen molar-refractivity contribution in [3.05, 3.63) is 46.7 Å². The first-order chi connectivity index (χ1) is 15.0. The SMILES string of the molecule is CN(C)C(=O)[C@@]1(Cc2ccccc2-c2ccsc2)CN(C(=O)C2CCCCC2)CCO1. The minimum atomic E-state index is -1.06. The van der Waals surface area contributed by atoms with E-state index in [0.29, 0.717) is 26.1 Å². The fourth-order valence-corrected chi connectivity index (χ4v) is 5.64. The van der Waals surface area contributed by atoms with E-state index in [0.717, 1.165) is 42.4 Å². The number of ether oxygens (including phenoxy) is 1. The Bertz CT molecular complexity index is 905. The van der Waals surface area contributed by atoms with Crippen molar-refractivity contribution < 1.29 is 14.3 Å². The van der Waals surface area contributed by atoms with Crippen LogP contribution in [0, 0.1) is 5.92 Å². The summed E-state index contributed by atoms with van der Waals surface area (Å²) in [5, 5.41) is 4.19. The summed E-state index contributed by atoms with van der Waals surface area (Å²) in [7, 11) is 3.53. The molecule has 2 aromatic rings. The van der Waals surface area contributed by atoms with Crippen molar-refractivity contribution in [1.29, 1.82) is 0 Å². The summed E-state index contributed by atoms with van der Waals surface area (Å²) in [6.07, 6.45) is 5.84. The first-order valence-corrected chi connectivity index (χ1v) is 12.2. The van der Waals surface area contributed by atoms with Crippen molar-refractivity contribution in [2.45, 2.75) is 44.1 Å². The average Bonchev–Trinajstić information content (AvgIpc) is 3.34. The number of carbonyl (C=O) groups is 2. The van der Waals surface area contributed by atoms with Crippen molar-refractivity contribution in [2.75, 3.05) is 33.8 Å². The van der Waals surface area contributed by atoms with Crippen LogP contribution < -0.4 is 0 Å². The second-order valence-corrected chi connectivity index (χ2v) is 9.76. The molecule has 4 rings (SSSR count). The zero-order valence-corrected chi connectivity index (χ0v) is 19.3. The molecule has 2 amide bonds. The highest BCUT2D eigenvalue weighted by molar-refractivity contribution is 7.08. The van der Waals surface area contributed by atoms with Crippen LogP contribution in [0.4, 0.5) is 0 Å². The molecule has 2 heterocycles. The molecule has 2 fully saturated rings. The van der Waals surface area contributed by atoms with Gasteiger partial charge in [-0.1, -0.05) is 43.5 Å². The molecule has 31 heavy (non-hydrogen) atoms. The van der Waals surface area contributed by atoms with Crippen LogP contribution in [0.15, 0.2) is 41.1 Å². The number of carbonyl (C=O) groups excluding carboxylic acids is 2. The smallest absolute Gasteiger partial charge is 0.256 e. The normalized spacial score (nSPS) is 22.3. The van der Waals surface area contributed by atoms with Crippen LogP contribution in [0.25, 0.3) is 11.1 Å². The third-order valence-corrected chi connectivity index (χ3v) is 7.26. The Hall–Kier alpha value is -2.18. The molecule has 6 heteroatoms. The molecule has 0 unspecified atom stereocenters.